The number of nitrogens with zero attached hydrogens (tertiary/aromatic N) is 3. The summed E-state index contributed by atoms with van der Waals surface area (Å²) < 4.78 is 1.36. The maximum Gasteiger partial charge on any atom is 0.349 e. The average molecular weight is 286 g/mol. The number of para-hydroxylation sites is 1. The number of nitrogens with two attached hydrogens (primary N) is 3. The smallest absolute Gasteiger partial charge is 0.349 e. The summed E-state index contributed by atoms with van der Waals surface area (Å²) in [5.74, 6) is 6.09. The second-order valence-corrected chi connectivity index (χ2v) is 4.67. The first-order valence-corrected chi connectivity index (χ1v) is 6.34. The maximum atomic E-state index is 11.3. The molecule has 0 aliphatic carbocycles. The quantitative estimate of drug-likeness (QED) is 0.541. The van der Waals surface area contributed by atoms with E-state index in [4.69, 9.17) is 17.3 Å². The predicted molar refractivity (Wildman–Crippen MR) is 83.0 cm³/mol. The van der Waals surface area contributed by atoms with Crippen LogP contribution in [0.2, 0.25) is 0 Å². The minimum absolute atomic E-state index is 0.178. The van der Waals surface area contributed by atoms with Crippen LogP contribution in [0.25, 0.3) is 0 Å². The van der Waals surface area contributed by atoms with E-state index in [-0.39, 0.29) is 5.82 Å². The van der Waals surface area contributed by atoms with Gasteiger partial charge in [0.2, 0.25) is 0 Å². The number of aryl methyl sites for hydroxylation is 1. The molecule has 6 N–H and O–H groups in total. The number of hydrogen-bond acceptors (Lipinski definition) is 6. The van der Waals surface area contributed by atoms with Crippen molar-refractivity contribution in [1.29, 1.82) is 0 Å². The van der Waals surface area contributed by atoms with Crippen LogP contribution >= 0.6 is 0 Å². The van der Waals surface area contributed by atoms with Gasteiger partial charge in [0, 0.05) is 37.1 Å². The van der Waals surface area contributed by atoms with Crippen LogP contribution in [0.1, 0.15) is 5.56 Å². The van der Waals surface area contributed by atoms with Crippen LogP contribution in [0, 0.1) is 0 Å². The lowest BCUT2D eigenvalue weighted by molar-refractivity contribution is 0.797. The molecule has 0 fully saturated rings. The second-order valence-electron chi connectivity index (χ2n) is 4.67. The van der Waals surface area contributed by atoms with Crippen molar-refractivity contribution in [1.82, 2.24) is 9.55 Å². The monoisotopic (exact) mass is 286 g/mol. The molecule has 1 aromatic heterocycles. The van der Waals surface area contributed by atoms with Gasteiger partial charge in [-0.2, -0.15) is 4.98 Å². The molecule has 0 aliphatic rings. The minimum atomic E-state index is -0.400. The van der Waals surface area contributed by atoms with Crippen LogP contribution in [0.15, 0.2) is 53.2 Å². The van der Waals surface area contributed by atoms with E-state index < -0.39 is 5.69 Å². The molecule has 21 heavy (non-hydrogen) atoms. The molecule has 7 nitrogen and oxygen atoms in total. The highest BCUT2D eigenvalue weighted by Gasteiger charge is 2.06. The number of rotatable bonds is 4. The molecular weight excluding hydrogens is 268 g/mol. The zero-order valence-corrected chi connectivity index (χ0v) is 11.7. The van der Waals surface area contributed by atoms with E-state index in [1.165, 1.54) is 9.58 Å². The largest absolute Gasteiger partial charge is 0.401 e. The van der Waals surface area contributed by atoms with Crippen LogP contribution in [0.5, 0.6) is 0 Å². The Kier molecular flexibility index (Phi) is 4.24. The van der Waals surface area contributed by atoms with Crippen molar-refractivity contribution in [2.45, 2.75) is 6.42 Å². The summed E-state index contributed by atoms with van der Waals surface area (Å²) in [6.45, 7) is 0. The summed E-state index contributed by atoms with van der Waals surface area (Å²) in [7, 11) is 1.61. The second kappa shape index (κ2) is 6.10. The van der Waals surface area contributed by atoms with Gasteiger partial charge in [0.05, 0.1) is 5.69 Å². The number of hydrazine groups is 1. The Labute approximate surface area is 122 Å². The molecule has 2 aromatic rings. The Balaban J connectivity index is 2.18. The molecule has 0 amide bonds. The first-order chi connectivity index (χ1) is 9.97. The fraction of sp³-hybridized carbons (Fsp3) is 0.143. The predicted octanol–water partition coefficient (Wildman–Crippen LogP) is 0.0854. The van der Waals surface area contributed by atoms with Crippen LogP contribution in [0.4, 0.5) is 11.5 Å². The SMILES string of the molecule is Cn1cc(C/C(N)=C/N(N)c2ccccc2)c(N)nc1=O. The first-order valence-electron chi connectivity index (χ1n) is 6.34. The zero-order valence-electron chi connectivity index (χ0n) is 11.7. The third-order valence-corrected chi connectivity index (χ3v) is 2.95. The van der Waals surface area contributed by atoms with Crippen molar-refractivity contribution >= 4 is 11.5 Å². The molecule has 2 rings (SSSR count). The Hall–Kier alpha value is -2.80. The summed E-state index contributed by atoms with van der Waals surface area (Å²) in [5, 5.41) is 1.43. The van der Waals surface area contributed by atoms with Crippen molar-refractivity contribution in [3.05, 3.63) is 64.5 Å². The normalized spacial score (nSPS) is 11.4. The molecule has 0 atom stereocenters. The number of benzene rings is 1. The molecule has 0 aliphatic heterocycles. The van der Waals surface area contributed by atoms with Crippen LogP contribution in [0.3, 0.4) is 0 Å². The van der Waals surface area contributed by atoms with Crippen molar-refractivity contribution in [3.63, 3.8) is 0 Å². The van der Waals surface area contributed by atoms with Crippen molar-refractivity contribution in [3.8, 4) is 0 Å². The molecule has 0 saturated heterocycles. The summed E-state index contributed by atoms with van der Waals surface area (Å²) in [4.78, 5) is 15.1. The summed E-state index contributed by atoms with van der Waals surface area (Å²) in [6.07, 6.45) is 3.59. The van der Waals surface area contributed by atoms with Crippen LogP contribution < -0.4 is 28.0 Å². The lowest BCUT2D eigenvalue weighted by Crippen LogP contribution is -2.27. The first kappa shape index (κ1) is 14.6. The fourth-order valence-electron chi connectivity index (χ4n) is 1.86. The number of anilines is 2. The van der Waals surface area contributed by atoms with E-state index in [0.717, 1.165) is 5.69 Å². The third-order valence-electron chi connectivity index (χ3n) is 2.95. The zero-order chi connectivity index (χ0) is 15.4. The van der Waals surface area contributed by atoms with Gasteiger partial charge in [0.25, 0.3) is 0 Å². The lowest BCUT2D eigenvalue weighted by Gasteiger charge is -2.15. The molecule has 1 heterocycles. The molecule has 0 radical (unpaired) electrons. The highest BCUT2D eigenvalue weighted by Crippen LogP contribution is 2.13. The van der Waals surface area contributed by atoms with E-state index in [0.29, 0.717) is 17.7 Å². The summed E-state index contributed by atoms with van der Waals surface area (Å²) >= 11 is 0. The van der Waals surface area contributed by atoms with Crippen molar-refractivity contribution in [2.24, 2.45) is 18.6 Å². The van der Waals surface area contributed by atoms with E-state index in [2.05, 4.69) is 4.98 Å². The van der Waals surface area contributed by atoms with Gasteiger partial charge in [-0.1, -0.05) is 18.2 Å². The Morgan fingerprint density at radius 2 is 2.05 bits per heavy atom. The number of allylic oxidation sites excluding steroid dienone is 1. The standard InChI is InChI=1S/C14H18N6O/c1-19-8-10(13(16)18-14(19)21)7-11(15)9-20(17)12-5-3-2-4-6-12/h2-6,8-9H,7,15,17H2,1H3,(H2,16,18,21)/b11-9-. The van der Waals surface area contributed by atoms with Gasteiger partial charge in [0.1, 0.15) is 5.82 Å². The molecular formula is C14H18N6O. The summed E-state index contributed by atoms with van der Waals surface area (Å²) in [5.41, 5.74) is 13.3. The molecule has 7 heteroatoms. The molecule has 0 saturated carbocycles. The van der Waals surface area contributed by atoms with Crippen LogP contribution in [-0.2, 0) is 13.5 Å². The third kappa shape index (κ3) is 3.61. The van der Waals surface area contributed by atoms with Crippen LogP contribution in [-0.4, -0.2) is 9.55 Å². The topological polar surface area (TPSA) is 116 Å². The highest BCUT2D eigenvalue weighted by atomic mass is 16.1. The van der Waals surface area contributed by atoms with Crippen molar-refractivity contribution < 1.29 is 0 Å². The molecule has 0 bridgehead atoms. The van der Waals surface area contributed by atoms with E-state index >= 15 is 0 Å². The minimum Gasteiger partial charge on any atom is -0.401 e. The molecule has 1 aromatic carbocycles. The van der Waals surface area contributed by atoms with Gasteiger partial charge in [-0.15, -0.1) is 0 Å². The summed E-state index contributed by atoms with van der Waals surface area (Å²) in [6, 6.07) is 9.40. The van der Waals surface area contributed by atoms with Gasteiger partial charge in [-0.3, -0.25) is 5.01 Å². The van der Waals surface area contributed by atoms with Crippen molar-refractivity contribution in [2.75, 3.05) is 10.7 Å². The van der Waals surface area contributed by atoms with E-state index in [1.807, 2.05) is 30.3 Å². The van der Waals surface area contributed by atoms with E-state index in [1.54, 1.807) is 19.4 Å². The Morgan fingerprint density at radius 1 is 1.38 bits per heavy atom. The van der Waals surface area contributed by atoms with Gasteiger partial charge in [-0.25, -0.2) is 10.6 Å². The fourth-order valence-corrected chi connectivity index (χ4v) is 1.86. The van der Waals surface area contributed by atoms with Gasteiger partial charge < -0.3 is 16.0 Å². The lowest BCUT2D eigenvalue weighted by atomic mass is 10.2. The van der Waals surface area contributed by atoms with E-state index in [9.17, 15) is 4.79 Å². The number of nitrogen functional groups attached to an aromatic ring is 1. The number of aromatic nitrogens is 2. The average Bonchev–Trinajstić information content (AvgIpc) is 2.45. The Morgan fingerprint density at radius 3 is 2.71 bits per heavy atom. The molecule has 0 spiro atoms. The highest BCUT2D eigenvalue weighted by molar-refractivity contribution is 5.48. The van der Waals surface area contributed by atoms with Gasteiger partial charge in [0.15, 0.2) is 0 Å². The maximum absolute atomic E-state index is 11.3. The van der Waals surface area contributed by atoms with Gasteiger partial charge in [-0.05, 0) is 12.1 Å². The Bertz CT molecular complexity index is 707. The van der Waals surface area contributed by atoms with Gasteiger partial charge >= 0.3 is 5.69 Å². The molecule has 0 unspecified atom stereocenters. The molecule has 110 valence electrons. The number of hydrogen-bond donors (Lipinski definition) is 3.